The third-order valence-corrected chi connectivity index (χ3v) is 1.64. The van der Waals surface area contributed by atoms with Gasteiger partial charge in [-0.15, -0.1) is 0 Å². The molecule has 1 aromatic heterocycles. The van der Waals surface area contributed by atoms with Crippen LogP contribution in [0.5, 0.6) is 5.75 Å². The van der Waals surface area contributed by atoms with Gasteiger partial charge in [0.25, 0.3) is 0 Å². The van der Waals surface area contributed by atoms with Gasteiger partial charge in [0.05, 0.1) is 25.6 Å². The summed E-state index contributed by atoms with van der Waals surface area (Å²) in [6, 6.07) is 0. The van der Waals surface area contributed by atoms with Gasteiger partial charge in [-0.25, -0.2) is 9.97 Å². The molecule has 5 nitrogen and oxygen atoms in total. The molecule has 0 aromatic carbocycles. The predicted octanol–water partition coefficient (Wildman–Crippen LogP) is 1.20. The van der Waals surface area contributed by atoms with E-state index in [9.17, 15) is 4.79 Å². The molecule has 0 aliphatic heterocycles. The quantitative estimate of drug-likeness (QED) is 0.521. The van der Waals surface area contributed by atoms with Crippen molar-refractivity contribution in [3.63, 3.8) is 0 Å². The molecular weight excluding hydrogens is 196 g/mol. The van der Waals surface area contributed by atoms with E-state index in [1.165, 1.54) is 6.33 Å². The molecule has 0 amide bonds. The number of esters is 1. The highest BCUT2D eigenvalue weighted by Gasteiger charge is 2.01. The summed E-state index contributed by atoms with van der Waals surface area (Å²) in [4.78, 5) is 18.6. The normalized spacial score (nSPS) is 9.67. The number of carbonyl (C=O) groups is 1. The van der Waals surface area contributed by atoms with E-state index >= 15 is 0 Å². The number of rotatable bonds is 6. The number of hydrogen-bond acceptors (Lipinski definition) is 5. The Balaban J connectivity index is 2.10. The second-order valence-electron chi connectivity index (χ2n) is 2.83. The largest absolute Gasteiger partial charge is 0.490 e. The summed E-state index contributed by atoms with van der Waals surface area (Å²) in [6.07, 6.45) is 5.61. The van der Waals surface area contributed by atoms with Crippen molar-refractivity contribution < 1.29 is 14.3 Å². The Labute approximate surface area is 88.4 Å². The highest BCUT2D eigenvalue weighted by Crippen LogP contribution is 2.05. The van der Waals surface area contributed by atoms with E-state index in [2.05, 4.69) is 9.97 Å². The molecule has 0 aliphatic rings. The lowest BCUT2D eigenvalue weighted by atomic mass is 10.3. The molecule has 0 saturated carbocycles. The summed E-state index contributed by atoms with van der Waals surface area (Å²) in [5.74, 6) is 0.423. The van der Waals surface area contributed by atoms with Gasteiger partial charge in [0, 0.05) is 6.42 Å². The number of carbonyl (C=O) groups excluding carboxylic acids is 1. The van der Waals surface area contributed by atoms with Crippen LogP contribution in [0.4, 0.5) is 0 Å². The molecule has 0 fully saturated rings. The lowest BCUT2D eigenvalue weighted by Gasteiger charge is -2.04. The van der Waals surface area contributed by atoms with Crippen LogP contribution in [0.3, 0.4) is 0 Å². The maximum absolute atomic E-state index is 11.0. The second kappa shape index (κ2) is 6.75. The predicted molar refractivity (Wildman–Crippen MR) is 53.4 cm³/mol. The molecule has 0 saturated heterocycles. The lowest BCUT2D eigenvalue weighted by Crippen LogP contribution is -2.06. The van der Waals surface area contributed by atoms with E-state index in [0.29, 0.717) is 31.8 Å². The van der Waals surface area contributed by atoms with E-state index in [-0.39, 0.29) is 5.97 Å². The minimum Gasteiger partial charge on any atom is -0.490 e. The first kappa shape index (κ1) is 11.4. The maximum atomic E-state index is 11.0. The third-order valence-electron chi connectivity index (χ3n) is 1.64. The van der Waals surface area contributed by atoms with Gasteiger partial charge in [0.1, 0.15) is 6.33 Å². The molecule has 0 spiro atoms. The van der Waals surface area contributed by atoms with Gasteiger partial charge < -0.3 is 9.47 Å². The van der Waals surface area contributed by atoms with Crippen molar-refractivity contribution >= 4 is 5.97 Å². The van der Waals surface area contributed by atoms with Crippen LogP contribution in [0.2, 0.25) is 0 Å². The summed E-state index contributed by atoms with van der Waals surface area (Å²) in [6.45, 7) is 2.67. The number of hydrogen-bond donors (Lipinski definition) is 0. The van der Waals surface area contributed by atoms with Gasteiger partial charge in [-0.2, -0.15) is 0 Å². The molecule has 0 bridgehead atoms. The number of aromatic nitrogens is 2. The minimum atomic E-state index is -0.189. The van der Waals surface area contributed by atoms with Gasteiger partial charge in [-0.05, 0) is 13.3 Å². The molecule has 0 aliphatic carbocycles. The fourth-order valence-electron chi connectivity index (χ4n) is 1.000. The zero-order chi connectivity index (χ0) is 10.9. The molecule has 0 radical (unpaired) electrons. The molecule has 15 heavy (non-hydrogen) atoms. The van der Waals surface area contributed by atoms with Crippen LogP contribution < -0.4 is 4.74 Å². The van der Waals surface area contributed by atoms with Crippen molar-refractivity contribution in [3.05, 3.63) is 18.7 Å². The fourth-order valence-corrected chi connectivity index (χ4v) is 1.000. The lowest BCUT2D eigenvalue weighted by molar-refractivity contribution is -0.143. The Morgan fingerprint density at radius 1 is 1.40 bits per heavy atom. The molecule has 0 unspecified atom stereocenters. The van der Waals surface area contributed by atoms with Crippen LogP contribution in [-0.4, -0.2) is 29.2 Å². The zero-order valence-electron chi connectivity index (χ0n) is 8.68. The van der Waals surface area contributed by atoms with E-state index in [0.717, 1.165) is 0 Å². The first-order chi connectivity index (χ1) is 7.33. The van der Waals surface area contributed by atoms with E-state index < -0.39 is 0 Å². The first-order valence-electron chi connectivity index (χ1n) is 4.86. The standard InChI is InChI=1S/C10H14N2O3/c1-2-14-10(13)4-3-5-15-9-6-11-8-12-7-9/h6-8H,2-5H2,1H3. The van der Waals surface area contributed by atoms with Crippen LogP contribution in [0.25, 0.3) is 0 Å². The van der Waals surface area contributed by atoms with Crippen LogP contribution in [0, 0.1) is 0 Å². The third kappa shape index (κ3) is 4.95. The minimum absolute atomic E-state index is 0.189. The average molecular weight is 210 g/mol. The van der Waals surface area contributed by atoms with Gasteiger partial charge >= 0.3 is 5.97 Å². The molecule has 0 N–H and O–H groups in total. The van der Waals surface area contributed by atoms with Crippen molar-refractivity contribution in [2.24, 2.45) is 0 Å². The van der Waals surface area contributed by atoms with E-state index in [1.54, 1.807) is 19.3 Å². The molecule has 1 aromatic rings. The second-order valence-corrected chi connectivity index (χ2v) is 2.83. The Morgan fingerprint density at radius 3 is 2.80 bits per heavy atom. The van der Waals surface area contributed by atoms with Gasteiger partial charge in [0.2, 0.25) is 0 Å². The summed E-state index contributed by atoms with van der Waals surface area (Å²) in [5.41, 5.74) is 0. The monoisotopic (exact) mass is 210 g/mol. The molecule has 1 rings (SSSR count). The topological polar surface area (TPSA) is 61.3 Å². The van der Waals surface area contributed by atoms with Gasteiger partial charge in [0.15, 0.2) is 5.75 Å². The summed E-state index contributed by atoms with van der Waals surface area (Å²) < 4.78 is 10.1. The summed E-state index contributed by atoms with van der Waals surface area (Å²) in [5, 5.41) is 0. The molecule has 5 heteroatoms. The van der Waals surface area contributed by atoms with E-state index in [4.69, 9.17) is 9.47 Å². The number of ether oxygens (including phenoxy) is 2. The zero-order valence-corrected chi connectivity index (χ0v) is 8.68. The van der Waals surface area contributed by atoms with Crippen molar-refractivity contribution in [1.29, 1.82) is 0 Å². The SMILES string of the molecule is CCOC(=O)CCCOc1cncnc1. The summed E-state index contributed by atoms with van der Waals surface area (Å²) >= 11 is 0. The molecule has 82 valence electrons. The van der Waals surface area contributed by atoms with Crippen molar-refractivity contribution in [2.75, 3.05) is 13.2 Å². The molecule has 1 heterocycles. The van der Waals surface area contributed by atoms with Crippen molar-refractivity contribution in [2.45, 2.75) is 19.8 Å². The van der Waals surface area contributed by atoms with Crippen molar-refractivity contribution in [1.82, 2.24) is 9.97 Å². The highest BCUT2D eigenvalue weighted by molar-refractivity contribution is 5.69. The van der Waals surface area contributed by atoms with Gasteiger partial charge in [-0.1, -0.05) is 0 Å². The highest BCUT2D eigenvalue weighted by atomic mass is 16.5. The van der Waals surface area contributed by atoms with Crippen LogP contribution in [0.1, 0.15) is 19.8 Å². The first-order valence-corrected chi connectivity index (χ1v) is 4.86. The Hall–Kier alpha value is -1.65. The average Bonchev–Trinajstić information content (AvgIpc) is 2.26. The van der Waals surface area contributed by atoms with Gasteiger partial charge in [-0.3, -0.25) is 4.79 Å². The maximum Gasteiger partial charge on any atom is 0.305 e. The number of nitrogens with zero attached hydrogens (tertiary/aromatic N) is 2. The summed E-state index contributed by atoms with van der Waals surface area (Å²) in [7, 11) is 0. The smallest absolute Gasteiger partial charge is 0.305 e. The van der Waals surface area contributed by atoms with Crippen LogP contribution >= 0.6 is 0 Å². The van der Waals surface area contributed by atoms with Crippen LogP contribution in [0.15, 0.2) is 18.7 Å². The van der Waals surface area contributed by atoms with E-state index in [1.807, 2.05) is 0 Å². The Bertz CT molecular complexity index is 290. The fraction of sp³-hybridized carbons (Fsp3) is 0.500. The Morgan fingerprint density at radius 2 is 2.13 bits per heavy atom. The Kier molecular flexibility index (Phi) is 5.14. The van der Waals surface area contributed by atoms with Crippen LogP contribution in [-0.2, 0) is 9.53 Å². The molecular formula is C10H14N2O3. The van der Waals surface area contributed by atoms with Crippen molar-refractivity contribution in [3.8, 4) is 5.75 Å². The molecule has 0 atom stereocenters.